The number of hydrogen-bond acceptors (Lipinski definition) is 2. The lowest BCUT2D eigenvalue weighted by atomic mass is 10.1. The fraction of sp³-hybridized carbons (Fsp3) is 0.417. The van der Waals surface area contributed by atoms with E-state index in [9.17, 15) is 0 Å². The van der Waals surface area contributed by atoms with Crippen LogP contribution in [0.1, 0.15) is 27.3 Å². The fourth-order valence-electron chi connectivity index (χ4n) is 1.03. The van der Waals surface area contributed by atoms with Crippen LogP contribution in [0.4, 0.5) is 0 Å². The summed E-state index contributed by atoms with van der Waals surface area (Å²) in [5, 5.41) is 8.44. The van der Waals surface area contributed by atoms with Gasteiger partial charge in [0, 0.05) is 1.43 Å². The summed E-state index contributed by atoms with van der Waals surface area (Å²) in [5.74, 6) is 0. The lowest BCUT2D eigenvalue weighted by molar-refractivity contribution is 0.731. The molecule has 0 saturated carbocycles. The van der Waals surface area contributed by atoms with E-state index in [1.807, 2.05) is 50.2 Å². The number of nitrogens with two attached hydrogens (primary N) is 1. The maximum atomic E-state index is 8.44. The molecule has 0 aliphatic heterocycles. The quantitative estimate of drug-likeness (QED) is 0.800. The van der Waals surface area contributed by atoms with E-state index >= 15 is 0 Å². The SMILES string of the molecule is CC.N#CC(N)CCc1ccccc1.[HH]. The predicted molar refractivity (Wildman–Crippen MR) is 61.8 cm³/mol. The second-order valence-corrected chi connectivity index (χ2v) is 2.76. The first-order valence-electron chi connectivity index (χ1n) is 5.02. The van der Waals surface area contributed by atoms with Crippen molar-refractivity contribution in [3.05, 3.63) is 35.9 Å². The Hall–Kier alpha value is -1.33. The van der Waals surface area contributed by atoms with Gasteiger partial charge in [0.15, 0.2) is 0 Å². The number of rotatable bonds is 3. The average molecular weight is 192 g/mol. The summed E-state index contributed by atoms with van der Waals surface area (Å²) in [6, 6.07) is 11.7. The van der Waals surface area contributed by atoms with Gasteiger partial charge in [0.1, 0.15) is 0 Å². The van der Waals surface area contributed by atoms with Crippen molar-refractivity contribution in [1.82, 2.24) is 0 Å². The van der Waals surface area contributed by atoms with Gasteiger partial charge in [0.05, 0.1) is 12.1 Å². The van der Waals surface area contributed by atoms with Gasteiger partial charge in [-0.1, -0.05) is 44.2 Å². The molecule has 0 spiro atoms. The van der Waals surface area contributed by atoms with E-state index in [2.05, 4.69) is 0 Å². The fourth-order valence-corrected chi connectivity index (χ4v) is 1.03. The third kappa shape index (κ3) is 5.34. The van der Waals surface area contributed by atoms with Crippen LogP contribution in [0.3, 0.4) is 0 Å². The Kier molecular flexibility index (Phi) is 7.49. The Morgan fingerprint density at radius 1 is 1.36 bits per heavy atom. The third-order valence-electron chi connectivity index (χ3n) is 1.75. The summed E-state index contributed by atoms with van der Waals surface area (Å²) >= 11 is 0. The van der Waals surface area contributed by atoms with Gasteiger partial charge < -0.3 is 5.73 Å². The highest BCUT2D eigenvalue weighted by Crippen LogP contribution is 2.03. The highest BCUT2D eigenvalue weighted by molar-refractivity contribution is 5.15. The van der Waals surface area contributed by atoms with Crippen LogP contribution < -0.4 is 5.73 Å². The molecule has 0 fully saturated rings. The lowest BCUT2D eigenvalue weighted by Crippen LogP contribution is -2.17. The van der Waals surface area contributed by atoms with Crippen LogP contribution in [-0.4, -0.2) is 6.04 Å². The average Bonchev–Trinajstić information content (AvgIpc) is 2.30. The van der Waals surface area contributed by atoms with E-state index < -0.39 is 0 Å². The third-order valence-corrected chi connectivity index (χ3v) is 1.75. The summed E-state index contributed by atoms with van der Waals surface area (Å²) in [6.45, 7) is 4.00. The van der Waals surface area contributed by atoms with Gasteiger partial charge in [-0.3, -0.25) is 0 Å². The minimum atomic E-state index is -0.329. The van der Waals surface area contributed by atoms with Gasteiger partial charge in [-0.2, -0.15) is 5.26 Å². The molecule has 14 heavy (non-hydrogen) atoms. The maximum Gasteiger partial charge on any atom is 0.0931 e. The molecule has 0 saturated heterocycles. The maximum absolute atomic E-state index is 8.44. The van der Waals surface area contributed by atoms with Crippen molar-refractivity contribution in [2.45, 2.75) is 32.7 Å². The molecular weight excluding hydrogens is 172 g/mol. The van der Waals surface area contributed by atoms with Crippen LogP contribution in [0.2, 0.25) is 0 Å². The second kappa shape index (κ2) is 8.28. The van der Waals surface area contributed by atoms with Crippen molar-refractivity contribution in [1.29, 1.82) is 5.26 Å². The van der Waals surface area contributed by atoms with Gasteiger partial charge in [0.2, 0.25) is 0 Å². The van der Waals surface area contributed by atoms with E-state index in [4.69, 9.17) is 11.0 Å². The molecule has 1 unspecified atom stereocenters. The molecular formula is C12H20N2. The molecule has 1 rings (SSSR count). The first-order chi connectivity index (χ1) is 6.83. The number of benzene rings is 1. The molecule has 0 aliphatic carbocycles. The monoisotopic (exact) mass is 192 g/mol. The standard InChI is InChI=1S/C10H12N2.C2H6.H2/c11-8-10(12)7-6-9-4-2-1-3-5-9;1-2;/h1-5,10H,6-7,12H2;1-2H3;1H. The molecule has 0 amide bonds. The van der Waals surface area contributed by atoms with Gasteiger partial charge in [-0.05, 0) is 18.4 Å². The number of hydrogen-bond donors (Lipinski definition) is 1. The zero-order chi connectivity index (χ0) is 10.8. The normalized spacial score (nSPS) is 10.7. The van der Waals surface area contributed by atoms with Crippen molar-refractivity contribution in [2.24, 2.45) is 5.73 Å². The van der Waals surface area contributed by atoms with Gasteiger partial charge in [-0.15, -0.1) is 0 Å². The lowest BCUT2D eigenvalue weighted by Gasteiger charge is -2.01. The van der Waals surface area contributed by atoms with E-state index in [-0.39, 0.29) is 7.47 Å². The molecule has 0 bridgehead atoms. The predicted octanol–water partition coefficient (Wildman–Crippen LogP) is 2.74. The van der Waals surface area contributed by atoms with E-state index in [1.54, 1.807) is 0 Å². The van der Waals surface area contributed by atoms with Crippen LogP contribution in [0.25, 0.3) is 0 Å². The molecule has 0 aliphatic rings. The van der Waals surface area contributed by atoms with Crippen LogP contribution in [0, 0.1) is 11.3 Å². The van der Waals surface area contributed by atoms with Crippen molar-refractivity contribution < 1.29 is 1.43 Å². The first kappa shape index (κ1) is 12.7. The van der Waals surface area contributed by atoms with Crippen molar-refractivity contribution in [3.63, 3.8) is 0 Å². The molecule has 1 atom stereocenters. The van der Waals surface area contributed by atoms with E-state index in [0.29, 0.717) is 0 Å². The van der Waals surface area contributed by atoms with E-state index in [0.717, 1.165) is 12.8 Å². The summed E-state index contributed by atoms with van der Waals surface area (Å²) < 4.78 is 0. The van der Waals surface area contributed by atoms with Crippen molar-refractivity contribution in [2.75, 3.05) is 0 Å². The second-order valence-electron chi connectivity index (χ2n) is 2.76. The number of nitriles is 1. The zero-order valence-corrected chi connectivity index (χ0v) is 8.90. The highest BCUT2D eigenvalue weighted by Gasteiger charge is 1.99. The Morgan fingerprint density at radius 2 is 1.93 bits per heavy atom. The van der Waals surface area contributed by atoms with Gasteiger partial charge in [-0.25, -0.2) is 0 Å². The Morgan fingerprint density at radius 3 is 2.43 bits per heavy atom. The molecule has 78 valence electrons. The summed E-state index contributed by atoms with van der Waals surface area (Å²) in [6.07, 6.45) is 1.62. The molecule has 0 aromatic heterocycles. The number of nitrogens with zero attached hydrogens (tertiary/aromatic N) is 1. The number of aryl methyl sites for hydroxylation is 1. The summed E-state index contributed by atoms with van der Waals surface area (Å²) in [5.41, 5.74) is 6.70. The molecule has 0 heterocycles. The Labute approximate surface area is 87.8 Å². The summed E-state index contributed by atoms with van der Waals surface area (Å²) in [4.78, 5) is 0. The Bertz CT molecular complexity index is 267. The topological polar surface area (TPSA) is 49.8 Å². The molecule has 2 heteroatoms. The first-order valence-corrected chi connectivity index (χ1v) is 5.02. The van der Waals surface area contributed by atoms with Crippen LogP contribution in [-0.2, 0) is 6.42 Å². The largest absolute Gasteiger partial charge is 0.316 e. The zero-order valence-electron chi connectivity index (χ0n) is 8.90. The van der Waals surface area contributed by atoms with Crippen molar-refractivity contribution >= 4 is 0 Å². The smallest absolute Gasteiger partial charge is 0.0931 e. The molecule has 1 aromatic rings. The molecule has 2 nitrogen and oxygen atoms in total. The van der Waals surface area contributed by atoms with Gasteiger partial charge in [0.25, 0.3) is 0 Å². The van der Waals surface area contributed by atoms with E-state index in [1.165, 1.54) is 5.56 Å². The van der Waals surface area contributed by atoms with Gasteiger partial charge >= 0.3 is 0 Å². The minimum absolute atomic E-state index is 0. The van der Waals surface area contributed by atoms with Crippen LogP contribution in [0.5, 0.6) is 0 Å². The molecule has 2 N–H and O–H groups in total. The highest BCUT2D eigenvalue weighted by atomic mass is 14.6. The minimum Gasteiger partial charge on any atom is -0.316 e. The Balaban J connectivity index is 0. The van der Waals surface area contributed by atoms with Crippen molar-refractivity contribution in [3.8, 4) is 6.07 Å². The summed E-state index contributed by atoms with van der Waals surface area (Å²) in [7, 11) is 0. The van der Waals surface area contributed by atoms with Crippen LogP contribution in [0.15, 0.2) is 30.3 Å². The van der Waals surface area contributed by atoms with Crippen LogP contribution >= 0.6 is 0 Å². The molecule has 1 aromatic carbocycles. The molecule has 0 radical (unpaired) electrons.